The van der Waals surface area contributed by atoms with E-state index in [1.807, 2.05) is 0 Å². The Kier molecular flexibility index (Phi) is 7.20. The highest BCUT2D eigenvalue weighted by molar-refractivity contribution is 7.71. The maximum absolute atomic E-state index is 12.0. The summed E-state index contributed by atoms with van der Waals surface area (Å²) in [6.07, 6.45) is -1.69. The van der Waals surface area contributed by atoms with Crippen LogP contribution >= 0.6 is 26.7 Å². The largest absolute Gasteiger partial charge is 0.387 e. The topological polar surface area (TPSA) is 215 Å². The predicted molar refractivity (Wildman–Crippen MR) is 128 cm³/mol. The Hall–Kier alpha value is -1.22. The van der Waals surface area contributed by atoms with Gasteiger partial charge in [0.25, 0.3) is 7.52 Å². The molecular weight excluding hydrogens is 540 g/mol. The van der Waals surface area contributed by atoms with Crippen LogP contribution in [0, 0.1) is 5.92 Å². The number of nitrogens with one attached hydrogen (secondary N) is 2. The molecular formula is C18H28ClN7O8P2. The van der Waals surface area contributed by atoms with E-state index in [0.29, 0.717) is 17.3 Å². The fourth-order valence-electron chi connectivity index (χ4n) is 5.14. The third-order valence-corrected chi connectivity index (χ3v) is 10.8. The Balaban J connectivity index is 1.34. The van der Waals surface area contributed by atoms with Gasteiger partial charge in [-0.25, -0.2) is 10.1 Å². The summed E-state index contributed by atoms with van der Waals surface area (Å²) in [6, 6.07) is 0.180. The Bertz CT molecular complexity index is 1220. The molecule has 4 aliphatic heterocycles. The number of aromatic nitrogens is 4. The van der Waals surface area contributed by atoms with Crippen LogP contribution in [0.15, 0.2) is 6.33 Å². The Morgan fingerprint density at radius 3 is 2.50 bits per heavy atom. The second-order valence-electron chi connectivity index (χ2n) is 9.47. The second kappa shape index (κ2) is 9.83. The van der Waals surface area contributed by atoms with Gasteiger partial charge in [-0.15, -0.1) is 0 Å². The number of fused-ring (bicyclic) bond motifs is 4. The fraction of sp³-hybridized carbons (Fsp3) is 0.722. The summed E-state index contributed by atoms with van der Waals surface area (Å²) in [4.78, 5) is 43.0. The average molecular weight is 568 g/mol. The number of hydrogen-bond donors (Lipinski definition) is 7. The normalized spacial score (nSPS) is 34.2. The van der Waals surface area contributed by atoms with E-state index in [9.17, 15) is 24.2 Å². The molecule has 36 heavy (non-hydrogen) atoms. The number of rotatable bonds is 8. The van der Waals surface area contributed by atoms with Gasteiger partial charge in [0, 0.05) is 19.1 Å². The molecule has 2 bridgehead atoms. The van der Waals surface area contributed by atoms with Gasteiger partial charge in [0.15, 0.2) is 23.2 Å². The summed E-state index contributed by atoms with van der Waals surface area (Å²) in [5, 5.41) is 26.6. The summed E-state index contributed by atoms with van der Waals surface area (Å²) < 4.78 is 30.2. The maximum Gasteiger partial charge on any atom is 0.336 e. The van der Waals surface area contributed by atoms with E-state index in [0.717, 1.165) is 32.5 Å². The minimum absolute atomic E-state index is 0.0436. The van der Waals surface area contributed by atoms with Crippen molar-refractivity contribution in [2.24, 2.45) is 5.92 Å². The number of piperidine rings is 3. The molecule has 6 atom stereocenters. The van der Waals surface area contributed by atoms with Crippen molar-refractivity contribution in [1.82, 2.24) is 29.5 Å². The Morgan fingerprint density at radius 2 is 1.86 bits per heavy atom. The molecule has 2 aromatic heterocycles. The lowest BCUT2D eigenvalue weighted by molar-refractivity contribution is -0.0331. The number of ether oxygens (including phenoxy) is 1. The van der Waals surface area contributed by atoms with Crippen LogP contribution in [0.25, 0.3) is 11.2 Å². The van der Waals surface area contributed by atoms with Gasteiger partial charge < -0.3 is 39.8 Å². The predicted octanol–water partition coefficient (Wildman–Crippen LogP) is -0.485. The monoisotopic (exact) mass is 567 g/mol. The van der Waals surface area contributed by atoms with Crippen molar-refractivity contribution < 1.29 is 38.8 Å². The number of halogens is 1. The van der Waals surface area contributed by atoms with Crippen LogP contribution in [0.1, 0.15) is 19.1 Å². The second-order valence-corrected chi connectivity index (χ2v) is 14.0. The molecule has 0 aromatic carbocycles. The van der Waals surface area contributed by atoms with Crippen LogP contribution in [-0.4, -0.2) is 106 Å². The van der Waals surface area contributed by atoms with Crippen LogP contribution in [0.5, 0.6) is 0 Å². The van der Waals surface area contributed by atoms with E-state index < -0.39 is 52.1 Å². The summed E-state index contributed by atoms with van der Waals surface area (Å²) in [7, 11) is -9.18. The highest BCUT2D eigenvalue weighted by Crippen LogP contribution is 2.52. The zero-order valence-corrected chi connectivity index (χ0v) is 21.5. The number of anilines is 1. The average Bonchev–Trinajstić information content (AvgIpc) is 3.33. The summed E-state index contributed by atoms with van der Waals surface area (Å²) >= 11 is 6.20. The van der Waals surface area contributed by atoms with Gasteiger partial charge in [-0.3, -0.25) is 13.7 Å². The number of aliphatic hydroxyl groups is 2. The van der Waals surface area contributed by atoms with Crippen molar-refractivity contribution in [1.29, 1.82) is 0 Å². The van der Waals surface area contributed by atoms with Crippen LogP contribution in [0.3, 0.4) is 0 Å². The van der Waals surface area contributed by atoms with Gasteiger partial charge in [0.05, 0.1) is 6.33 Å². The maximum atomic E-state index is 12.0. The van der Waals surface area contributed by atoms with Crippen LogP contribution in [-0.2, 0) is 13.9 Å². The first-order valence-corrected chi connectivity index (χ1v) is 15.4. The molecule has 0 aliphatic carbocycles. The van der Waals surface area contributed by atoms with Gasteiger partial charge in [0.2, 0.25) is 5.28 Å². The van der Waals surface area contributed by atoms with E-state index in [2.05, 4.69) is 30.3 Å². The molecule has 15 nitrogen and oxygen atoms in total. The zero-order valence-electron chi connectivity index (χ0n) is 19.0. The van der Waals surface area contributed by atoms with Gasteiger partial charge >= 0.3 is 7.60 Å². The lowest BCUT2D eigenvalue weighted by atomic mass is 9.84. The third-order valence-electron chi connectivity index (χ3n) is 6.90. The Labute approximate surface area is 210 Å². The van der Waals surface area contributed by atoms with Crippen molar-refractivity contribution in [3.8, 4) is 0 Å². The molecule has 0 radical (unpaired) electrons. The quantitative estimate of drug-likeness (QED) is 0.158. The molecule has 6 heterocycles. The van der Waals surface area contributed by atoms with E-state index >= 15 is 0 Å². The minimum Gasteiger partial charge on any atom is -0.387 e. The fourth-order valence-corrected chi connectivity index (χ4v) is 8.17. The summed E-state index contributed by atoms with van der Waals surface area (Å²) in [6.45, 7) is 2.60. The van der Waals surface area contributed by atoms with Crippen LogP contribution in [0.2, 0.25) is 5.28 Å². The lowest BCUT2D eigenvalue weighted by Crippen LogP contribution is -2.53. The molecule has 6 unspecified atom stereocenters. The number of imidazole rings is 1. The van der Waals surface area contributed by atoms with Gasteiger partial charge in [-0.1, -0.05) is 0 Å². The number of aliphatic hydroxyl groups excluding tert-OH is 2. The minimum atomic E-state index is -4.76. The number of nitrogens with zero attached hydrogens (tertiary/aromatic N) is 5. The Morgan fingerprint density at radius 1 is 1.14 bits per heavy atom. The first-order chi connectivity index (χ1) is 16.9. The van der Waals surface area contributed by atoms with Crippen molar-refractivity contribution in [3.05, 3.63) is 11.6 Å². The van der Waals surface area contributed by atoms with Gasteiger partial charge in [-0.2, -0.15) is 9.97 Å². The van der Waals surface area contributed by atoms with Crippen molar-refractivity contribution >= 4 is 43.7 Å². The summed E-state index contributed by atoms with van der Waals surface area (Å²) in [5.74, 6) is -0.309. The molecule has 18 heteroatoms. The van der Waals surface area contributed by atoms with E-state index in [4.69, 9.17) is 26.1 Å². The molecule has 0 amide bonds. The standard InChI is InChI=1S/C18H28ClN7O8P2/c19-18-23-15(22-10-6-25-3-1-9(10)2-4-25)12-16(24-18)26(7-20-12)17-14(28)13(27)11(34-17)5-21-35(29,30)8-36(31,32)33/h7,9-11,13-14,17,27-28H,1-6,8H2,(H2,21,29,30)(H,22,23,24)(H2,31,32,33). The molecule has 7 N–H and O–H groups in total. The van der Waals surface area contributed by atoms with E-state index in [-0.39, 0.29) is 17.0 Å². The third kappa shape index (κ3) is 5.47. The molecule has 2 aromatic rings. The van der Waals surface area contributed by atoms with Crippen molar-refractivity contribution in [3.63, 3.8) is 0 Å². The first kappa shape index (κ1) is 26.4. The molecule has 6 rings (SSSR count). The molecule has 0 spiro atoms. The zero-order chi connectivity index (χ0) is 25.8. The smallest absolute Gasteiger partial charge is 0.336 e. The molecule has 4 saturated heterocycles. The molecule has 200 valence electrons. The van der Waals surface area contributed by atoms with Gasteiger partial charge in [0.1, 0.15) is 24.2 Å². The van der Waals surface area contributed by atoms with Crippen LogP contribution < -0.4 is 10.4 Å². The molecule has 0 saturated carbocycles. The first-order valence-electron chi connectivity index (χ1n) is 11.4. The molecule has 4 fully saturated rings. The van der Waals surface area contributed by atoms with Crippen molar-refractivity contribution in [2.75, 3.05) is 37.4 Å². The van der Waals surface area contributed by atoms with E-state index in [1.165, 1.54) is 10.9 Å². The highest BCUT2D eigenvalue weighted by atomic mass is 35.5. The van der Waals surface area contributed by atoms with Crippen molar-refractivity contribution in [2.45, 2.75) is 43.4 Å². The summed E-state index contributed by atoms with van der Waals surface area (Å²) in [5.41, 5.74) is 0.669. The number of hydrogen-bond acceptors (Lipinski definition) is 10. The highest BCUT2D eigenvalue weighted by Gasteiger charge is 2.45. The molecule has 4 aliphatic rings. The van der Waals surface area contributed by atoms with Crippen LogP contribution in [0.4, 0.5) is 5.82 Å². The lowest BCUT2D eigenvalue weighted by Gasteiger charge is -2.45. The van der Waals surface area contributed by atoms with Gasteiger partial charge in [-0.05, 0) is 43.5 Å². The van der Waals surface area contributed by atoms with E-state index in [1.54, 1.807) is 0 Å². The SMILES string of the molecule is O=P(O)(O)CP(=O)(O)NCC1OC(n2cnc3c(NC4CN5CCC4CC5)nc(Cl)nc32)C(O)C1O.